The maximum absolute atomic E-state index is 12.9. The fourth-order valence-electron chi connectivity index (χ4n) is 3.21. The Morgan fingerprint density at radius 2 is 1.74 bits per heavy atom. The highest BCUT2D eigenvalue weighted by atomic mass is 32.2. The largest absolute Gasteiger partial charge is 0.417 e. The molecule has 1 N–H and O–H groups in total. The SMILES string of the molecule is O=c1[nH]c2cc(S(=O)(=O)N3CCC(S(=O)(=O)c4ccccc4)C3)ccc2o1. The van der Waals surface area contributed by atoms with Gasteiger partial charge < -0.3 is 4.42 Å². The van der Waals surface area contributed by atoms with Crippen LogP contribution in [0.4, 0.5) is 0 Å². The molecule has 4 rings (SSSR count). The first-order chi connectivity index (χ1) is 12.8. The highest BCUT2D eigenvalue weighted by molar-refractivity contribution is 7.92. The molecule has 2 heterocycles. The van der Waals surface area contributed by atoms with E-state index in [0.29, 0.717) is 0 Å². The predicted octanol–water partition coefficient (Wildman–Crippen LogP) is 1.36. The number of nitrogens with one attached hydrogen (secondary N) is 1. The summed E-state index contributed by atoms with van der Waals surface area (Å²) < 4.78 is 57.3. The highest BCUT2D eigenvalue weighted by Crippen LogP contribution is 2.28. The first kappa shape index (κ1) is 18.0. The number of nitrogens with zero attached hydrogens (tertiary/aromatic N) is 1. The van der Waals surface area contributed by atoms with Crippen molar-refractivity contribution >= 4 is 31.0 Å². The van der Waals surface area contributed by atoms with Gasteiger partial charge in [-0.25, -0.2) is 21.6 Å². The van der Waals surface area contributed by atoms with Crippen molar-refractivity contribution in [3.8, 4) is 0 Å². The number of hydrogen-bond donors (Lipinski definition) is 1. The van der Waals surface area contributed by atoms with Crippen LogP contribution in [0.5, 0.6) is 0 Å². The van der Waals surface area contributed by atoms with Gasteiger partial charge in [0.15, 0.2) is 15.4 Å². The summed E-state index contributed by atoms with van der Waals surface area (Å²) in [5.41, 5.74) is 0.527. The van der Waals surface area contributed by atoms with Crippen LogP contribution in [-0.4, -0.2) is 44.5 Å². The van der Waals surface area contributed by atoms with Crippen molar-refractivity contribution in [1.29, 1.82) is 0 Å². The second kappa shape index (κ2) is 6.32. The number of aromatic amines is 1. The first-order valence-corrected chi connectivity index (χ1v) is 11.2. The molecule has 1 aliphatic heterocycles. The molecule has 1 aliphatic rings. The van der Waals surface area contributed by atoms with E-state index in [0.717, 1.165) is 4.31 Å². The molecule has 1 fully saturated rings. The molecule has 3 aromatic rings. The van der Waals surface area contributed by atoms with E-state index in [9.17, 15) is 21.6 Å². The number of hydrogen-bond acceptors (Lipinski definition) is 6. The molecule has 8 nitrogen and oxygen atoms in total. The molecule has 0 radical (unpaired) electrons. The van der Waals surface area contributed by atoms with Crippen LogP contribution in [0.15, 0.2) is 67.5 Å². The average molecular weight is 408 g/mol. The first-order valence-electron chi connectivity index (χ1n) is 8.20. The number of aromatic nitrogens is 1. The molecule has 0 amide bonds. The van der Waals surface area contributed by atoms with Gasteiger partial charge in [0.1, 0.15) is 0 Å². The van der Waals surface area contributed by atoms with Crippen molar-refractivity contribution in [2.75, 3.05) is 13.1 Å². The van der Waals surface area contributed by atoms with E-state index in [1.807, 2.05) is 0 Å². The molecule has 0 spiro atoms. The van der Waals surface area contributed by atoms with Crippen molar-refractivity contribution in [3.63, 3.8) is 0 Å². The number of oxazole rings is 1. The van der Waals surface area contributed by atoms with Crippen molar-refractivity contribution in [2.45, 2.75) is 21.5 Å². The van der Waals surface area contributed by atoms with Crippen molar-refractivity contribution in [3.05, 3.63) is 59.1 Å². The highest BCUT2D eigenvalue weighted by Gasteiger charge is 2.39. The van der Waals surface area contributed by atoms with Gasteiger partial charge >= 0.3 is 5.76 Å². The monoisotopic (exact) mass is 408 g/mol. The van der Waals surface area contributed by atoms with Crippen molar-refractivity contribution in [1.82, 2.24) is 9.29 Å². The topological polar surface area (TPSA) is 118 Å². The summed E-state index contributed by atoms with van der Waals surface area (Å²) >= 11 is 0. The summed E-state index contributed by atoms with van der Waals surface area (Å²) in [6.45, 7) is -0.00148. The number of rotatable bonds is 4. The lowest BCUT2D eigenvalue weighted by molar-refractivity contribution is 0.476. The van der Waals surface area contributed by atoms with E-state index in [-0.39, 0.29) is 40.4 Å². The summed E-state index contributed by atoms with van der Waals surface area (Å²) in [5, 5.41) is -0.799. The lowest BCUT2D eigenvalue weighted by Gasteiger charge is -2.17. The summed E-state index contributed by atoms with van der Waals surface area (Å²) in [6, 6.07) is 12.1. The van der Waals surface area contributed by atoms with Crippen LogP contribution in [0.1, 0.15) is 6.42 Å². The van der Waals surface area contributed by atoms with Gasteiger partial charge in [-0.05, 0) is 36.8 Å². The minimum Gasteiger partial charge on any atom is -0.408 e. The zero-order chi connectivity index (χ0) is 19.2. The van der Waals surface area contributed by atoms with Gasteiger partial charge in [-0.1, -0.05) is 18.2 Å². The minimum atomic E-state index is -3.89. The summed E-state index contributed by atoms with van der Waals surface area (Å²) in [4.78, 5) is 13.8. The Morgan fingerprint density at radius 3 is 2.48 bits per heavy atom. The Labute approximate surface area is 155 Å². The van der Waals surface area contributed by atoms with E-state index in [2.05, 4.69) is 4.98 Å². The van der Waals surface area contributed by atoms with E-state index in [4.69, 9.17) is 4.42 Å². The van der Waals surface area contributed by atoms with E-state index in [1.165, 1.54) is 30.3 Å². The van der Waals surface area contributed by atoms with Gasteiger partial charge in [0.2, 0.25) is 10.0 Å². The van der Waals surface area contributed by atoms with Crippen LogP contribution in [0.3, 0.4) is 0 Å². The number of sulfonamides is 1. The fraction of sp³-hybridized carbons (Fsp3) is 0.235. The minimum absolute atomic E-state index is 0.0233. The Kier molecular flexibility index (Phi) is 4.21. The molecule has 10 heteroatoms. The lowest BCUT2D eigenvalue weighted by atomic mass is 10.3. The normalized spacial score (nSPS) is 18.9. The predicted molar refractivity (Wildman–Crippen MR) is 97.6 cm³/mol. The third kappa shape index (κ3) is 3.09. The smallest absolute Gasteiger partial charge is 0.408 e. The van der Waals surface area contributed by atoms with Crippen LogP contribution < -0.4 is 5.76 Å². The molecule has 1 unspecified atom stereocenters. The average Bonchev–Trinajstić information content (AvgIpc) is 3.28. The standard InChI is InChI=1S/C17H16N2O6S2/c20-17-18-15-10-13(6-7-16(15)25-17)27(23,24)19-9-8-14(11-19)26(21,22)12-4-2-1-3-5-12/h1-7,10,14H,8-9,11H2,(H,18,20). The molecule has 1 atom stereocenters. The van der Waals surface area contributed by atoms with Crippen LogP contribution >= 0.6 is 0 Å². The fourth-order valence-corrected chi connectivity index (χ4v) is 6.55. The third-order valence-corrected chi connectivity index (χ3v) is 8.70. The molecule has 1 aromatic heterocycles. The summed E-state index contributed by atoms with van der Waals surface area (Å²) in [5.74, 6) is -0.672. The Bertz CT molecular complexity index is 1260. The second-order valence-corrected chi connectivity index (χ2v) is 10.5. The number of H-pyrrole nitrogens is 1. The summed E-state index contributed by atoms with van der Waals surface area (Å²) in [7, 11) is -7.51. The van der Waals surface area contributed by atoms with E-state index < -0.39 is 30.9 Å². The molecule has 1 saturated heterocycles. The van der Waals surface area contributed by atoms with Gasteiger partial charge in [-0.3, -0.25) is 4.98 Å². The molecule has 2 aromatic carbocycles. The van der Waals surface area contributed by atoms with Crippen LogP contribution in [0.2, 0.25) is 0 Å². The maximum Gasteiger partial charge on any atom is 0.417 e. The summed E-state index contributed by atoms with van der Waals surface area (Å²) in [6.07, 6.45) is 0.223. The van der Waals surface area contributed by atoms with Crippen molar-refractivity contribution in [2.24, 2.45) is 0 Å². The second-order valence-electron chi connectivity index (χ2n) is 6.30. The zero-order valence-corrected chi connectivity index (χ0v) is 15.7. The maximum atomic E-state index is 12.9. The van der Waals surface area contributed by atoms with Gasteiger partial charge in [0.05, 0.1) is 20.6 Å². The van der Waals surface area contributed by atoms with Crippen LogP contribution in [0, 0.1) is 0 Å². The van der Waals surface area contributed by atoms with Gasteiger partial charge in [-0.15, -0.1) is 0 Å². The zero-order valence-electron chi connectivity index (χ0n) is 14.0. The number of fused-ring (bicyclic) bond motifs is 1. The van der Waals surface area contributed by atoms with Gasteiger partial charge in [0.25, 0.3) is 0 Å². The molecule has 0 saturated carbocycles. The number of sulfone groups is 1. The van der Waals surface area contributed by atoms with Crippen molar-refractivity contribution < 1.29 is 21.3 Å². The molecule has 142 valence electrons. The Morgan fingerprint density at radius 1 is 1.00 bits per heavy atom. The van der Waals surface area contributed by atoms with Gasteiger partial charge in [0, 0.05) is 13.1 Å². The quantitative estimate of drug-likeness (QED) is 0.696. The van der Waals surface area contributed by atoms with E-state index >= 15 is 0 Å². The molecular weight excluding hydrogens is 392 g/mol. The Balaban J connectivity index is 1.63. The third-order valence-electron chi connectivity index (χ3n) is 4.65. The number of benzene rings is 2. The molecule has 27 heavy (non-hydrogen) atoms. The van der Waals surface area contributed by atoms with Crippen LogP contribution in [0.25, 0.3) is 11.1 Å². The lowest BCUT2D eigenvalue weighted by Crippen LogP contribution is -2.32. The van der Waals surface area contributed by atoms with E-state index in [1.54, 1.807) is 18.2 Å². The molecule has 0 bridgehead atoms. The molecular formula is C17H16N2O6S2. The van der Waals surface area contributed by atoms with Crippen LogP contribution in [-0.2, 0) is 19.9 Å². The molecule has 0 aliphatic carbocycles. The van der Waals surface area contributed by atoms with Gasteiger partial charge in [-0.2, -0.15) is 4.31 Å². The Hall–Kier alpha value is -2.43.